The molecule has 1 aromatic heterocycles. The van der Waals surface area contributed by atoms with Crippen LogP contribution in [-0.4, -0.2) is 28.8 Å². The summed E-state index contributed by atoms with van der Waals surface area (Å²) >= 11 is 0. The molecule has 84 valence electrons. The zero-order chi connectivity index (χ0) is 12.1. The Labute approximate surface area is 93.5 Å². The van der Waals surface area contributed by atoms with Gasteiger partial charge in [0.2, 0.25) is 11.8 Å². The summed E-state index contributed by atoms with van der Waals surface area (Å²) in [6, 6.07) is 3.60. The normalized spacial score (nSPS) is 11.4. The lowest BCUT2D eigenvalue weighted by molar-refractivity contribution is -0.116. The molecule has 1 rings (SSSR count). The van der Waals surface area contributed by atoms with Crippen LogP contribution >= 0.6 is 0 Å². The molecule has 5 heteroatoms. The van der Waals surface area contributed by atoms with Crippen molar-refractivity contribution in [1.82, 2.24) is 4.57 Å². The molecule has 0 aliphatic heterocycles. The minimum Gasteiger partial charge on any atom is -0.342 e. The molecular weight excluding hydrogens is 206 g/mol. The lowest BCUT2D eigenvalue weighted by Gasteiger charge is -1.98. The van der Waals surface area contributed by atoms with Crippen molar-refractivity contribution in [2.75, 3.05) is 0 Å². The largest absolute Gasteiger partial charge is 0.342 e. The Morgan fingerprint density at radius 3 is 1.75 bits per heavy atom. The Balaban J connectivity index is 2.92. The van der Waals surface area contributed by atoms with Gasteiger partial charge in [-0.15, -0.1) is 0 Å². The second-order valence-corrected chi connectivity index (χ2v) is 3.30. The molecule has 0 saturated heterocycles. The number of aromatic nitrogens is 1. The predicted octanol–water partition coefficient (Wildman–Crippen LogP) is 0.956. The fraction of sp³-hybridized carbons (Fsp3) is 0.273. The molecule has 1 heterocycles. The quantitative estimate of drug-likeness (QED) is 0.695. The van der Waals surface area contributed by atoms with E-state index in [0.29, 0.717) is 0 Å². The van der Waals surface area contributed by atoms with E-state index in [1.807, 2.05) is 7.05 Å². The molecule has 0 aliphatic rings. The second kappa shape index (κ2) is 5.16. The monoisotopic (exact) mass is 219 g/mol. The SMILES string of the molecule is CC(=O)N=Cc1ccc(C=NC(C)=O)n1C. The standard InChI is InChI=1S/C11H13N3O2/c1-8(15)12-6-10-4-5-11(14(10)3)7-13-9(2)16/h4-7H,1-3H3. The van der Waals surface area contributed by atoms with E-state index in [2.05, 4.69) is 9.98 Å². The van der Waals surface area contributed by atoms with Gasteiger partial charge in [0, 0.05) is 20.9 Å². The zero-order valence-electron chi connectivity index (χ0n) is 9.47. The molecule has 0 aliphatic carbocycles. The van der Waals surface area contributed by atoms with Gasteiger partial charge in [-0.05, 0) is 12.1 Å². The van der Waals surface area contributed by atoms with Crippen LogP contribution in [0.2, 0.25) is 0 Å². The highest BCUT2D eigenvalue weighted by Crippen LogP contribution is 2.03. The van der Waals surface area contributed by atoms with Crippen molar-refractivity contribution in [2.45, 2.75) is 13.8 Å². The Morgan fingerprint density at radius 2 is 1.44 bits per heavy atom. The van der Waals surface area contributed by atoms with E-state index in [1.165, 1.54) is 26.3 Å². The van der Waals surface area contributed by atoms with E-state index < -0.39 is 0 Å². The first-order chi connectivity index (χ1) is 7.50. The molecule has 0 saturated carbocycles. The molecule has 2 amide bonds. The van der Waals surface area contributed by atoms with Gasteiger partial charge in [0.1, 0.15) is 0 Å². The first kappa shape index (κ1) is 12.0. The fourth-order valence-electron chi connectivity index (χ4n) is 1.12. The summed E-state index contributed by atoms with van der Waals surface area (Å²) in [6.07, 6.45) is 2.96. The number of aliphatic imine (C=N–C) groups is 2. The van der Waals surface area contributed by atoms with Gasteiger partial charge < -0.3 is 4.57 Å². The Kier molecular flexibility index (Phi) is 3.88. The van der Waals surface area contributed by atoms with Crippen molar-refractivity contribution in [3.05, 3.63) is 23.5 Å². The highest BCUT2D eigenvalue weighted by atomic mass is 16.1. The van der Waals surface area contributed by atoms with Gasteiger partial charge >= 0.3 is 0 Å². The summed E-state index contributed by atoms with van der Waals surface area (Å²) < 4.78 is 1.79. The lowest BCUT2D eigenvalue weighted by Crippen LogP contribution is -2.01. The molecule has 0 bridgehead atoms. The molecule has 0 aromatic carbocycles. The number of rotatable bonds is 2. The summed E-state index contributed by atoms with van der Waals surface area (Å²) in [7, 11) is 1.81. The highest BCUT2D eigenvalue weighted by Gasteiger charge is 2.00. The maximum atomic E-state index is 10.7. The summed E-state index contributed by atoms with van der Waals surface area (Å²) in [5.74, 6) is -0.500. The average Bonchev–Trinajstić information content (AvgIpc) is 2.53. The van der Waals surface area contributed by atoms with E-state index in [9.17, 15) is 9.59 Å². The Morgan fingerprint density at radius 1 is 1.06 bits per heavy atom. The van der Waals surface area contributed by atoms with Gasteiger partial charge in [0.05, 0.1) is 23.8 Å². The first-order valence-electron chi connectivity index (χ1n) is 4.75. The molecule has 0 spiro atoms. The van der Waals surface area contributed by atoms with Crippen LogP contribution in [0.15, 0.2) is 22.1 Å². The maximum Gasteiger partial charge on any atom is 0.242 e. The van der Waals surface area contributed by atoms with Crippen molar-refractivity contribution in [3.63, 3.8) is 0 Å². The second-order valence-electron chi connectivity index (χ2n) is 3.30. The molecular formula is C11H13N3O2. The van der Waals surface area contributed by atoms with Crippen LogP contribution in [0.1, 0.15) is 25.2 Å². The zero-order valence-corrected chi connectivity index (χ0v) is 9.47. The molecule has 0 unspecified atom stereocenters. The fourth-order valence-corrected chi connectivity index (χ4v) is 1.12. The Hall–Kier alpha value is -2.04. The molecule has 16 heavy (non-hydrogen) atoms. The van der Waals surface area contributed by atoms with Gasteiger partial charge in [0.25, 0.3) is 0 Å². The van der Waals surface area contributed by atoms with Crippen LogP contribution in [0.5, 0.6) is 0 Å². The van der Waals surface area contributed by atoms with Gasteiger partial charge in [-0.2, -0.15) is 0 Å². The van der Waals surface area contributed by atoms with Gasteiger partial charge in [0.15, 0.2) is 0 Å². The van der Waals surface area contributed by atoms with E-state index in [4.69, 9.17) is 0 Å². The van der Waals surface area contributed by atoms with Crippen molar-refractivity contribution in [2.24, 2.45) is 17.0 Å². The van der Waals surface area contributed by atoms with Crippen LogP contribution in [0.25, 0.3) is 0 Å². The molecule has 0 fully saturated rings. The Bertz CT molecular complexity index is 428. The van der Waals surface area contributed by atoms with Crippen LogP contribution in [0, 0.1) is 0 Å². The van der Waals surface area contributed by atoms with E-state index >= 15 is 0 Å². The van der Waals surface area contributed by atoms with Crippen LogP contribution in [0.3, 0.4) is 0 Å². The molecule has 0 atom stereocenters. The van der Waals surface area contributed by atoms with E-state index in [-0.39, 0.29) is 11.8 Å². The minimum atomic E-state index is -0.250. The maximum absolute atomic E-state index is 10.7. The highest BCUT2D eigenvalue weighted by molar-refractivity contribution is 5.93. The van der Waals surface area contributed by atoms with Crippen molar-refractivity contribution >= 4 is 24.2 Å². The smallest absolute Gasteiger partial charge is 0.242 e. The number of carbonyl (C=O) groups excluding carboxylic acids is 2. The molecule has 1 aromatic rings. The van der Waals surface area contributed by atoms with Gasteiger partial charge in [-0.3, -0.25) is 9.59 Å². The average molecular weight is 219 g/mol. The van der Waals surface area contributed by atoms with Crippen molar-refractivity contribution in [3.8, 4) is 0 Å². The van der Waals surface area contributed by atoms with Crippen LogP contribution in [-0.2, 0) is 16.6 Å². The number of hydrogen-bond acceptors (Lipinski definition) is 2. The van der Waals surface area contributed by atoms with E-state index in [1.54, 1.807) is 16.7 Å². The van der Waals surface area contributed by atoms with E-state index in [0.717, 1.165) is 11.4 Å². The molecule has 5 nitrogen and oxygen atoms in total. The summed E-state index contributed by atoms with van der Waals surface area (Å²) in [6.45, 7) is 2.77. The van der Waals surface area contributed by atoms with Crippen LogP contribution in [0.4, 0.5) is 0 Å². The number of hydrogen-bond donors (Lipinski definition) is 0. The third kappa shape index (κ3) is 3.27. The first-order valence-corrected chi connectivity index (χ1v) is 4.75. The summed E-state index contributed by atoms with van der Waals surface area (Å²) in [4.78, 5) is 28.7. The number of nitrogens with zero attached hydrogens (tertiary/aromatic N) is 3. The third-order valence-corrected chi connectivity index (χ3v) is 1.96. The molecule has 0 radical (unpaired) electrons. The summed E-state index contributed by atoms with van der Waals surface area (Å²) in [5, 5.41) is 0. The topological polar surface area (TPSA) is 63.8 Å². The predicted molar refractivity (Wildman–Crippen MR) is 62.0 cm³/mol. The van der Waals surface area contributed by atoms with Gasteiger partial charge in [-0.1, -0.05) is 0 Å². The molecule has 0 N–H and O–H groups in total. The minimum absolute atomic E-state index is 0.250. The van der Waals surface area contributed by atoms with Crippen molar-refractivity contribution < 1.29 is 9.59 Å². The number of amides is 2. The third-order valence-electron chi connectivity index (χ3n) is 1.96. The van der Waals surface area contributed by atoms with Gasteiger partial charge in [-0.25, -0.2) is 9.98 Å². The summed E-state index contributed by atoms with van der Waals surface area (Å²) in [5.41, 5.74) is 1.56. The van der Waals surface area contributed by atoms with Crippen molar-refractivity contribution in [1.29, 1.82) is 0 Å². The number of carbonyl (C=O) groups is 2. The van der Waals surface area contributed by atoms with Crippen LogP contribution < -0.4 is 0 Å². The lowest BCUT2D eigenvalue weighted by atomic mass is 10.4.